The molecule has 3 nitrogen and oxygen atoms in total. The van der Waals surface area contributed by atoms with E-state index in [1.807, 2.05) is 18.2 Å². The number of aryl methyl sites for hydroxylation is 1. The van der Waals surface area contributed by atoms with Gasteiger partial charge in [0.15, 0.2) is 0 Å². The Morgan fingerprint density at radius 3 is 1.79 bits per heavy atom. The Morgan fingerprint density at radius 2 is 1.64 bits per heavy atom. The molecule has 1 unspecified atom stereocenters. The monoisotopic (exact) mass is 254 g/mol. The maximum Gasteiger partial charge on any atom is 0.455 e. The van der Waals surface area contributed by atoms with Gasteiger partial charge in [0.2, 0.25) is 6.26 Å². The van der Waals surface area contributed by atoms with E-state index in [-0.39, 0.29) is 0 Å². The fourth-order valence-corrected chi connectivity index (χ4v) is 0.534. The maximum atomic E-state index is 8.85. The summed E-state index contributed by atoms with van der Waals surface area (Å²) < 4.78 is 26.4. The van der Waals surface area contributed by atoms with Gasteiger partial charge in [0, 0.05) is 14.5 Å². The summed E-state index contributed by atoms with van der Waals surface area (Å²) in [6, 6.07) is 10.3. The fraction of sp³-hybridized carbons (Fsp3) is 0.250. The van der Waals surface area contributed by atoms with Gasteiger partial charge in [0.25, 0.3) is 0 Å². The van der Waals surface area contributed by atoms with Crippen molar-refractivity contribution in [2.24, 2.45) is 0 Å². The summed E-state index contributed by atoms with van der Waals surface area (Å²) in [5, 5.41) is 0. The summed E-state index contributed by atoms with van der Waals surface area (Å²) in [6.07, 6.45) is 1.49. The van der Waals surface area contributed by atoms with Crippen LogP contribution in [0.3, 0.4) is 0 Å². The number of benzene rings is 1. The number of halogens is 1. The zero-order valence-corrected chi connectivity index (χ0v) is 10.2. The van der Waals surface area contributed by atoms with Gasteiger partial charge in [-0.05, 0) is 17.6 Å². The molecule has 1 atom stereocenters. The van der Waals surface area contributed by atoms with Crippen molar-refractivity contribution in [1.82, 2.24) is 0 Å². The Balaban J connectivity index is 0. The van der Waals surface area contributed by atoms with Crippen LogP contribution < -0.4 is 0 Å². The first-order valence-electron chi connectivity index (χ1n) is 3.47. The molecule has 1 aromatic rings. The highest BCUT2D eigenvalue weighted by molar-refractivity contribution is 8.03. The van der Waals surface area contributed by atoms with Crippen LogP contribution in [0.25, 0.3) is 0 Å². The Morgan fingerprint density at radius 1 is 1.36 bits per heavy atom. The van der Waals surface area contributed by atoms with Crippen molar-refractivity contribution in [2.45, 2.75) is 6.92 Å². The van der Waals surface area contributed by atoms with Crippen molar-refractivity contribution in [3.05, 3.63) is 35.9 Å². The van der Waals surface area contributed by atoms with E-state index < -0.39 is 10.3 Å². The fourth-order valence-electron chi connectivity index (χ4n) is 0.534. The lowest BCUT2D eigenvalue weighted by atomic mass is 10.2. The number of hydrogen-bond donors (Lipinski definition) is 0. The molecule has 0 aromatic heterocycles. The lowest BCUT2D eigenvalue weighted by Crippen LogP contribution is -1.62. The second kappa shape index (κ2) is 12.6. The quantitative estimate of drug-likeness (QED) is 0.405. The molecule has 80 valence electrons. The molecule has 0 aliphatic carbocycles. The molecule has 0 N–H and O–H groups in total. The van der Waals surface area contributed by atoms with Crippen LogP contribution in [-0.4, -0.2) is 15.0 Å². The van der Waals surface area contributed by atoms with Crippen molar-refractivity contribution < 1.29 is 13.0 Å². The van der Waals surface area contributed by atoms with E-state index in [1.54, 1.807) is 0 Å². The zero-order chi connectivity index (χ0) is 11.4. The molecule has 0 saturated carbocycles. The predicted octanol–water partition coefficient (Wildman–Crippen LogP) is 2.06. The summed E-state index contributed by atoms with van der Waals surface area (Å²) in [6.45, 7) is 2.08. The third-order valence-corrected chi connectivity index (χ3v) is 0.940. The minimum absolute atomic E-state index is 0.500. The number of hydrogen-bond acceptors (Lipinski definition) is 3. The Hall–Kier alpha value is -0.360. The normalized spacial score (nSPS) is 9.71. The average Bonchev–Trinajstić information content (AvgIpc) is 2.05. The van der Waals surface area contributed by atoms with Gasteiger partial charge in [-0.25, -0.2) is 0 Å². The van der Waals surface area contributed by atoms with Gasteiger partial charge in [-0.1, -0.05) is 35.9 Å². The third-order valence-electron chi connectivity index (χ3n) is 0.940. The first-order chi connectivity index (χ1) is 6.54. The van der Waals surface area contributed by atoms with E-state index >= 15 is 0 Å². The molecular weight excluding hydrogens is 244 g/mol. The van der Waals surface area contributed by atoms with Gasteiger partial charge in [-0.15, -0.1) is 0 Å². The molecule has 6 heteroatoms. The summed E-state index contributed by atoms with van der Waals surface area (Å²) in [4.78, 5) is 0. The van der Waals surface area contributed by atoms with Gasteiger partial charge in [-0.3, -0.25) is 4.21 Å². The summed E-state index contributed by atoms with van der Waals surface area (Å²) in [5.41, 5.74) is 1.32. The molecule has 0 heterocycles. The molecule has 0 aliphatic rings. The molecule has 0 spiro atoms. The molecule has 0 bridgehead atoms. The van der Waals surface area contributed by atoms with Gasteiger partial charge >= 0.3 is 11.7 Å². The Kier molecular flexibility index (Phi) is 14.5. The van der Waals surface area contributed by atoms with Crippen LogP contribution in [-0.2, 0) is 26.2 Å². The number of rotatable bonds is 0. The third kappa shape index (κ3) is 22.6. The van der Waals surface area contributed by atoms with E-state index in [1.165, 1.54) is 11.8 Å². The SMILES string of the molecule is C[S+]=O.Cc1ccccc1.O=S([O-])Cl. The highest BCUT2D eigenvalue weighted by Crippen LogP contribution is 1.92. The average molecular weight is 255 g/mol. The van der Waals surface area contributed by atoms with Crippen LogP contribution in [0.15, 0.2) is 30.3 Å². The maximum absolute atomic E-state index is 8.85. The lowest BCUT2D eigenvalue weighted by Gasteiger charge is -1.82. The Labute approximate surface area is 94.8 Å². The van der Waals surface area contributed by atoms with Crippen LogP contribution in [0.4, 0.5) is 0 Å². The minimum Gasteiger partial charge on any atom is -0.760 e. The van der Waals surface area contributed by atoms with E-state index in [9.17, 15) is 0 Å². The van der Waals surface area contributed by atoms with Crippen LogP contribution in [0.2, 0.25) is 0 Å². The Bertz CT molecular complexity index is 250. The van der Waals surface area contributed by atoms with Gasteiger partial charge in [-0.2, -0.15) is 0 Å². The van der Waals surface area contributed by atoms with Gasteiger partial charge < -0.3 is 4.55 Å². The molecule has 14 heavy (non-hydrogen) atoms. The summed E-state index contributed by atoms with van der Waals surface area (Å²) >= 11 is 0.500. The first kappa shape index (κ1) is 16.1. The van der Waals surface area contributed by atoms with E-state index in [2.05, 4.69) is 29.7 Å². The molecule has 0 amide bonds. The molecule has 1 rings (SSSR count). The topological polar surface area (TPSA) is 57.2 Å². The second-order valence-corrected chi connectivity index (χ2v) is 3.49. The van der Waals surface area contributed by atoms with E-state index in [4.69, 9.17) is 13.0 Å². The van der Waals surface area contributed by atoms with E-state index in [0.29, 0.717) is 11.7 Å². The standard InChI is InChI=1S/C7H8.CH3OS.ClHO2S/c1-7-5-3-2-4-6-7;1-3-2;1-4(2)3/h2-6H,1H3;1H3;(H,2,3)/q;+1;/p-1. The molecule has 0 saturated heterocycles. The highest BCUT2D eigenvalue weighted by Gasteiger charge is 1.72. The molecule has 0 radical (unpaired) electrons. The van der Waals surface area contributed by atoms with Gasteiger partial charge in [0.1, 0.15) is 0 Å². The molecular formula is C8H11ClO3S2. The largest absolute Gasteiger partial charge is 0.760 e. The van der Waals surface area contributed by atoms with Crippen molar-refractivity contribution in [3.63, 3.8) is 0 Å². The predicted molar refractivity (Wildman–Crippen MR) is 59.9 cm³/mol. The summed E-state index contributed by atoms with van der Waals surface area (Å²) in [5.74, 6) is 0. The highest BCUT2D eigenvalue weighted by atomic mass is 35.7. The lowest BCUT2D eigenvalue weighted by molar-refractivity contribution is 0.552. The smallest absolute Gasteiger partial charge is 0.455 e. The van der Waals surface area contributed by atoms with Crippen LogP contribution in [0, 0.1) is 6.92 Å². The minimum atomic E-state index is -2.39. The first-order valence-corrected chi connectivity index (χ1v) is 6.52. The van der Waals surface area contributed by atoms with Crippen LogP contribution >= 0.6 is 10.7 Å². The van der Waals surface area contributed by atoms with Crippen molar-refractivity contribution in [2.75, 3.05) is 6.26 Å². The molecule has 1 aromatic carbocycles. The van der Waals surface area contributed by atoms with Crippen molar-refractivity contribution in [1.29, 1.82) is 0 Å². The zero-order valence-electron chi connectivity index (χ0n) is 7.81. The van der Waals surface area contributed by atoms with E-state index in [0.717, 1.165) is 0 Å². The van der Waals surface area contributed by atoms with Crippen molar-refractivity contribution >= 4 is 32.6 Å². The van der Waals surface area contributed by atoms with Gasteiger partial charge in [0.05, 0.1) is 0 Å². The van der Waals surface area contributed by atoms with Crippen LogP contribution in [0.1, 0.15) is 5.56 Å². The molecule has 0 aliphatic heterocycles. The molecule has 0 fully saturated rings. The second-order valence-electron chi connectivity index (χ2n) is 2.02. The van der Waals surface area contributed by atoms with Crippen molar-refractivity contribution in [3.8, 4) is 0 Å². The summed E-state index contributed by atoms with van der Waals surface area (Å²) in [7, 11) is 1.80. The van der Waals surface area contributed by atoms with Crippen LogP contribution in [0.5, 0.6) is 0 Å².